The van der Waals surface area contributed by atoms with Crippen molar-refractivity contribution in [3.63, 3.8) is 0 Å². The van der Waals surface area contributed by atoms with Crippen LogP contribution in [0, 0.1) is 5.92 Å². The van der Waals surface area contributed by atoms with Crippen molar-refractivity contribution in [3.8, 4) is 0 Å². The predicted octanol–water partition coefficient (Wildman–Crippen LogP) is 2.31. The molecule has 3 heteroatoms. The van der Waals surface area contributed by atoms with Crippen LogP contribution in [-0.2, 0) is 9.53 Å². The fraction of sp³-hybridized carbons (Fsp3) is 0.917. The van der Waals surface area contributed by atoms with Gasteiger partial charge in [0.15, 0.2) is 0 Å². The zero-order valence-corrected chi connectivity index (χ0v) is 11.0. The van der Waals surface area contributed by atoms with E-state index in [4.69, 9.17) is 4.74 Å². The van der Waals surface area contributed by atoms with Crippen molar-refractivity contribution in [2.45, 2.75) is 46.6 Å². The van der Waals surface area contributed by atoms with Gasteiger partial charge in [0.1, 0.15) is 5.60 Å². The van der Waals surface area contributed by atoms with Crippen molar-refractivity contribution in [2.24, 2.45) is 5.92 Å². The second-order valence-electron chi connectivity index (χ2n) is 4.57. The third-order valence-corrected chi connectivity index (χ3v) is 2.92. The highest BCUT2D eigenvalue weighted by molar-refractivity contribution is 5.84. The molecule has 0 radical (unpaired) electrons. The first kappa shape index (κ1) is 14.4. The Kier molecular flexibility index (Phi) is 5.88. The molecule has 0 bridgehead atoms. The minimum absolute atomic E-state index is 0.0767. The molecule has 1 amide bonds. The maximum absolute atomic E-state index is 12.1. The van der Waals surface area contributed by atoms with E-state index in [0.717, 1.165) is 19.5 Å². The van der Waals surface area contributed by atoms with Crippen molar-refractivity contribution >= 4 is 5.91 Å². The molecule has 0 saturated heterocycles. The number of amides is 1. The minimum atomic E-state index is -0.705. The van der Waals surface area contributed by atoms with Crippen molar-refractivity contribution in [1.29, 1.82) is 0 Å². The van der Waals surface area contributed by atoms with Crippen molar-refractivity contribution in [3.05, 3.63) is 0 Å². The molecule has 0 aromatic heterocycles. The summed E-state index contributed by atoms with van der Waals surface area (Å²) in [6.45, 7) is 11.5. The molecular weight excluding hydrogens is 190 g/mol. The zero-order chi connectivity index (χ0) is 12.1. The van der Waals surface area contributed by atoms with E-state index in [1.54, 1.807) is 7.11 Å². The van der Waals surface area contributed by atoms with E-state index < -0.39 is 5.60 Å². The number of hydrogen-bond donors (Lipinski definition) is 0. The summed E-state index contributed by atoms with van der Waals surface area (Å²) < 4.78 is 5.21. The van der Waals surface area contributed by atoms with Crippen LogP contribution in [0.15, 0.2) is 0 Å². The molecule has 0 saturated carbocycles. The fourth-order valence-corrected chi connectivity index (χ4v) is 1.33. The molecule has 0 aromatic rings. The lowest BCUT2D eigenvalue weighted by Gasteiger charge is -2.31. The van der Waals surface area contributed by atoms with E-state index >= 15 is 0 Å². The molecule has 0 spiro atoms. The number of carbonyl (C=O) groups excluding carboxylic acids is 1. The van der Waals surface area contributed by atoms with Crippen LogP contribution >= 0.6 is 0 Å². The predicted molar refractivity (Wildman–Crippen MR) is 62.8 cm³/mol. The van der Waals surface area contributed by atoms with E-state index in [1.165, 1.54) is 0 Å². The topological polar surface area (TPSA) is 29.5 Å². The Hall–Kier alpha value is -0.570. The molecule has 0 aromatic carbocycles. The molecule has 0 aliphatic heterocycles. The summed E-state index contributed by atoms with van der Waals surface area (Å²) in [5, 5.41) is 0. The highest BCUT2D eigenvalue weighted by atomic mass is 16.5. The lowest BCUT2D eigenvalue weighted by Crippen LogP contribution is -2.47. The maximum Gasteiger partial charge on any atom is 0.254 e. The second-order valence-corrected chi connectivity index (χ2v) is 4.57. The molecule has 1 atom stereocenters. The van der Waals surface area contributed by atoms with Crippen LogP contribution in [-0.4, -0.2) is 36.6 Å². The quantitative estimate of drug-likeness (QED) is 0.680. The van der Waals surface area contributed by atoms with E-state index in [0.29, 0.717) is 5.92 Å². The Labute approximate surface area is 93.8 Å². The molecule has 3 nitrogen and oxygen atoms in total. The van der Waals surface area contributed by atoms with Gasteiger partial charge in [-0.25, -0.2) is 0 Å². The van der Waals surface area contributed by atoms with Crippen LogP contribution in [0.3, 0.4) is 0 Å². The molecule has 0 aliphatic carbocycles. The van der Waals surface area contributed by atoms with Gasteiger partial charge in [-0.2, -0.15) is 0 Å². The highest BCUT2D eigenvalue weighted by Crippen LogP contribution is 2.14. The fourth-order valence-electron chi connectivity index (χ4n) is 1.33. The Morgan fingerprint density at radius 1 is 1.40 bits per heavy atom. The van der Waals surface area contributed by atoms with Gasteiger partial charge in [0.05, 0.1) is 0 Å². The van der Waals surface area contributed by atoms with Gasteiger partial charge in [0.25, 0.3) is 5.91 Å². The summed E-state index contributed by atoms with van der Waals surface area (Å²) in [4.78, 5) is 14.0. The Balaban J connectivity index is 4.47. The van der Waals surface area contributed by atoms with Crippen LogP contribution in [0.25, 0.3) is 0 Å². The van der Waals surface area contributed by atoms with Crippen LogP contribution in [0.1, 0.15) is 41.0 Å². The number of likely N-dealkylation sites (N-methyl/N-ethyl adjacent to an activating group) is 1. The summed E-state index contributed by atoms with van der Waals surface area (Å²) in [5.41, 5.74) is -0.705. The molecular formula is C12H25NO2. The summed E-state index contributed by atoms with van der Waals surface area (Å²) in [7, 11) is 1.58. The SMILES string of the molecule is CCC(C)CN(CC)C(=O)C(C)(C)OC. The van der Waals surface area contributed by atoms with Crippen LogP contribution in [0.2, 0.25) is 0 Å². The monoisotopic (exact) mass is 215 g/mol. The van der Waals surface area contributed by atoms with Crippen LogP contribution in [0.4, 0.5) is 0 Å². The lowest BCUT2D eigenvalue weighted by atomic mass is 10.0. The maximum atomic E-state index is 12.1. The van der Waals surface area contributed by atoms with Gasteiger partial charge in [-0.1, -0.05) is 20.3 Å². The lowest BCUT2D eigenvalue weighted by molar-refractivity contribution is -0.151. The van der Waals surface area contributed by atoms with E-state index in [2.05, 4.69) is 13.8 Å². The smallest absolute Gasteiger partial charge is 0.254 e. The number of carbonyl (C=O) groups is 1. The molecule has 1 unspecified atom stereocenters. The van der Waals surface area contributed by atoms with Gasteiger partial charge in [0.2, 0.25) is 0 Å². The molecule has 0 rings (SSSR count). The highest BCUT2D eigenvalue weighted by Gasteiger charge is 2.31. The zero-order valence-electron chi connectivity index (χ0n) is 11.0. The number of nitrogens with zero attached hydrogens (tertiary/aromatic N) is 1. The minimum Gasteiger partial charge on any atom is -0.369 e. The van der Waals surface area contributed by atoms with Gasteiger partial charge < -0.3 is 9.64 Å². The average molecular weight is 215 g/mol. The average Bonchev–Trinajstić information content (AvgIpc) is 2.24. The molecule has 0 N–H and O–H groups in total. The number of methoxy groups -OCH3 is 1. The van der Waals surface area contributed by atoms with Gasteiger partial charge >= 0.3 is 0 Å². The number of hydrogen-bond acceptors (Lipinski definition) is 2. The largest absolute Gasteiger partial charge is 0.369 e. The molecule has 0 fully saturated rings. The Bertz CT molecular complexity index is 202. The van der Waals surface area contributed by atoms with Crippen molar-refractivity contribution < 1.29 is 9.53 Å². The van der Waals surface area contributed by atoms with Gasteiger partial charge in [-0.15, -0.1) is 0 Å². The first-order valence-corrected chi connectivity index (χ1v) is 5.73. The van der Waals surface area contributed by atoms with Crippen molar-refractivity contribution in [2.75, 3.05) is 20.2 Å². The standard InChI is InChI=1S/C12H25NO2/c1-7-10(3)9-13(8-2)11(14)12(4,5)15-6/h10H,7-9H2,1-6H3. The third kappa shape index (κ3) is 4.20. The molecule has 0 aliphatic rings. The first-order chi connectivity index (χ1) is 6.88. The summed E-state index contributed by atoms with van der Waals surface area (Å²) >= 11 is 0. The van der Waals surface area contributed by atoms with Crippen molar-refractivity contribution in [1.82, 2.24) is 4.90 Å². The normalized spacial score (nSPS) is 13.7. The van der Waals surface area contributed by atoms with E-state index in [9.17, 15) is 4.79 Å². The van der Waals surface area contributed by atoms with Gasteiger partial charge in [-0.05, 0) is 26.7 Å². The first-order valence-electron chi connectivity index (χ1n) is 5.73. The number of rotatable bonds is 6. The second kappa shape index (κ2) is 6.11. The summed E-state index contributed by atoms with van der Waals surface area (Å²) in [6.07, 6.45) is 1.09. The number of ether oxygens (including phenoxy) is 1. The van der Waals surface area contributed by atoms with Gasteiger partial charge in [0, 0.05) is 20.2 Å². The van der Waals surface area contributed by atoms with Crippen LogP contribution in [0.5, 0.6) is 0 Å². The molecule has 90 valence electrons. The molecule has 0 heterocycles. The Morgan fingerprint density at radius 3 is 2.27 bits per heavy atom. The van der Waals surface area contributed by atoms with E-state index in [-0.39, 0.29) is 5.91 Å². The van der Waals surface area contributed by atoms with Gasteiger partial charge in [-0.3, -0.25) is 4.79 Å². The van der Waals surface area contributed by atoms with Crippen LogP contribution < -0.4 is 0 Å². The summed E-state index contributed by atoms with van der Waals surface area (Å²) in [5.74, 6) is 0.620. The van der Waals surface area contributed by atoms with E-state index in [1.807, 2.05) is 25.7 Å². The molecule has 15 heavy (non-hydrogen) atoms. The Morgan fingerprint density at radius 2 is 1.93 bits per heavy atom. The summed E-state index contributed by atoms with van der Waals surface area (Å²) in [6, 6.07) is 0. The third-order valence-electron chi connectivity index (χ3n) is 2.92.